The van der Waals surface area contributed by atoms with Gasteiger partial charge in [0.25, 0.3) is 0 Å². The molecule has 0 fully saturated rings. The summed E-state index contributed by atoms with van der Waals surface area (Å²) in [5.74, 6) is 0.764. The van der Waals surface area contributed by atoms with E-state index in [0.29, 0.717) is 6.04 Å². The summed E-state index contributed by atoms with van der Waals surface area (Å²) in [6.45, 7) is 6.44. The maximum Gasteiger partial charge on any atom is 0.0218 e. The monoisotopic (exact) mass is 248 g/mol. The summed E-state index contributed by atoms with van der Waals surface area (Å²) in [4.78, 5) is 2.42. The smallest absolute Gasteiger partial charge is 0.0218 e. The van der Waals surface area contributed by atoms with Crippen molar-refractivity contribution in [3.05, 3.63) is 35.9 Å². The summed E-state index contributed by atoms with van der Waals surface area (Å²) in [7, 11) is 2.20. The summed E-state index contributed by atoms with van der Waals surface area (Å²) in [5.41, 5.74) is 7.31. The number of likely N-dealkylation sites (N-methyl/N-ethyl adjacent to an activating group) is 1. The zero-order chi connectivity index (χ0) is 13.4. The molecule has 1 rings (SSSR count). The van der Waals surface area contributed by atoms with E-state index in [2.05, 4.69) is 56.1 Å². The molecule has 1 aromatic carbocycles. The molecule has 102 valence electrons. The highest BCUT2D eigenvalue weighted by Gasteiger charge is 2.13. The first kappa shape index (κ1) is 15.2. The molecule has 0 amide bonds. The van der Waals surface area contributed by atoms with Crippen molar-refractivity contribution in [2.45, 2.75) is 39.2 Å². The summed E-state index contributed by atoms with van der Waals surface area (Å²) >= 11 is 0. The van der Waals surface area contributed by atoms with Gasteiger partial charge in [-0.1, -0.05) is 44.2 Å². The SMILES string of the molecule is CC(C)CCN(C)C(CN)CCc1ccccc1. The molecule has 0 aliphatic heterocycles. The lowest BCUT2D eigenvalue weighted by Crippen LogP contribution is -2.39. The molecule has 2 heteroatoms. The molecule has 0 spiro atoms. The van der Waals surface area contributed by atoms with Crippen molar-refractivity contribution in [1.82, 2.24) is 4.90 Å². The van der Waals surface area contributed by atoms with Crippen LogP contribution in [0.2, 0.25) is 0 Å². The van der Waals surface area contributed by atoms with Crippen LogP contribution in [0.25, 0.3) is 0 Å². The van der Waals surface area contributed by atoms with Crippen molar-refractivity contribution in [1.29, 1.82) is 0 Å². The zero-order valence-corrected chi connectivity index (χ0v) is 12.1. The largest absolute Gasteiger partial charge is 0.329 e. The summed E-state index contributed by atoms with van der Waals surface area (Å²) in [6, 6.07) is 11.2. The summed E-state index contributed by atoms with van der Waals surface area (Å²) in [6.07, 6.45) is 3.52. The molecule has 18 heavy (non-hydrogen) atoms. The minimum absolute atomic E-state index is 0.504. The predicted octanol–water partition coefficient (Wildman–Crippen LogP) is 2.92. The van der Waals surface area contributed by atoms with E-state index >= 15 is 0 Å². The first-order chi connectivity index (χ1) is 8.63. The van der Waals surface area contributed by atoms with Crippen molar-refractivity contribution in [2.75, 3.05) is 20.1 Å². The van der Waals surface area contributed by atoms with E-state index in [1.54, 1.807) is 0 Å². The van der Waals surface area contributed by atoms with Gasteiger partial charge in [-0.3, -0.25) is 0 Å². The molecule has 0 aliphatic carbocycles. The minimum atomic E-state index is 0.504. The van der Waals surface area contributed by atoms with Crippen LogP contribution >= 0.6 is 0 Å². The molecule has 1 atom stereocenters. The van der Waals surface area contributed by atoms with Gasteiger partial charge in [0.2, 0.25) is 0 Å². The second-order valence-electron chi connectivity index (χ2n) is 5.58. The Labute approximate surface area is 112 Å². The van der Waals surface area contributed by atoms with Crippen molar-refractivity contribution in [2.24, 2.45) is 11.7 Å². The molecule has 0 heterocycles. The highest BCUT2D eigenvalue weighted by molar-refractivity contribution is 5.14. The number of aryl methyl sites for hydroxylation is 1. The second kappa shape index (κ2) is 8.28. The van der Waals surface area contributed by atoms with Crippen molar-refractivity contribution in [3.63, 3.8) is 0 Å². The molecular formula is C16H28N2. The third-order valence-corrected chi connectivity index (χ3v) is 3.56. The fourth-order valence-electron chi connectivity index (χ4n) is 2.14. The van der Waals surface area contributed by atoms with Gasteiger partial charge in [-0.25, -0.2) is 0 Å². The average molecular weight is 248 g/mol. The molecule has 2 nitrogen and oxygen atoms in total. The topological polar surface area (TPSA) is 29.3 Å². The number of benzene rings is 1. The Morgan fingerprint density at radius 1 is 1.11 bits per heavy atom. The van der Waals surface area contributed by atoms with Crippen LogP contribution in [0.15, 0.2) is 30.3 Å². The number of hydrogen-bond donors (Lipinski definition) is 1. The Morgan fingerprint density at radius 2 is 1.78 bits per heavy atom. The molecule has 0 saturated carbocycles. The Morgan fingerprint density at radius 3 is 2.33 bits per heavy atom. The van der Waals surface area contributed by atoms with E-state index < -0.39 is 0 Å². The Balaban J connectivity index is 2.37. The molecule has 0 saturated heterocycles. The lowest BCUT2D eigenvalue weighted by atomic mass is 10.0. The third kappa shape index (κ3) is 5.65. The fourth-order valence-corrected chi connectivity index (χ4v) is 2.14. The number of hydrogen-bond acceptors (Lipinski definition) is 2. The minimum Gasteiger partial charge on any atom is -0.329 e. The van der Waals surface area contributed by atoms with Crippen molar-refractivity contribution < 1.29 is 0 Å². The fraction of sp³-hybridized carbons (Fsp3) is 0.625. The molecule has 2 N–H and O–H groups in total. The molecule has 0 radical (unpaired) electrons. The Bertz CT molecular complexity index is 308. The number of rotatable bonds is 8. The maximum absolute atomic E-state index is 5.90. The molecule has 0 bridgehead atoms. The first-order valence-corrected chi connectivity index (χ1v) is 7.07. The highest BCUT2D eigenvalue weighted by Crippen LogP contribution is 2.10. The van der Waals surface area contributed by atoms with Crippen LogP contribution < -0.4 is 5.73 Å². The highest BCUT2D eigenvalue weighted by atomic mass is 15.1. The van der Waals surface area contributed by atoms with Gasteiger partial charge >= 0.3 is 0 Å². The van der Waals surface area contributed by atoms with Gasteiger partial charge in [0, 0.05) is 12.6 Å². The summed E-state index contributed by atoms with van der Waals surface area (Å²) < 4.78 is 0. The lowest BCUT2D eigenvalue weighted by Gasteiger charge is -2.27. The van der Waals surface area contributed by atoms with E-state index in [1.165, 1.54) is 12.0 Å². The predicted molar refractivity (Wildman–Crippen MR) is 79.7 cm³/mol. The van der Waals surface area contributed by atoms with Gasteiger partial charge in [-0.15, -0.1) is 0 Å². The Kier molecular flexibility index (Phi) is 6.99. The molecule has 0 aliphatic rings. The van der Waals surface area contributed by atoms with E-state index in [0.717, 1.165) is 31.8 Å². The van der Waals surface area contributed by atoms with Crippen molar-refractivity contribution in [3.8, 4) is 0 Å². The molecule has 1 unspecified atom stereocenters. The van der Waals surface area contributed by atoms with E-state index in [4.69, 9.17) is 5.73 Å². The zero-order valence-electron chi connectivity index (χ0n) is 12.1. The van der Waals surface area contributed by atoms with Gasteiger partial charge in [0.1, 0.15) is 0 Å². The van der Waals surface area contributed by atoms with Crippen LogP contribution in [0, 0.1) is 5.92 Å². The van der Waals surface area contributed by atoms with Gasteiger partial charge < -0.3 is 10.6 Å². The first-order valence-electron chi connectivity index (χ1n) is 7.07. The molecule has 0 aromatic heterocycles. The van der Waals surface area contributed by atoms with Gasteiger partial charge in [-0.2, -0.15) is 0 Å². The number of nitrogens with two attached hydrogens (primary N) is 1. The van der Waals surface area contributed by atoms with Crippen LogP contribution in [0.4, 0.5) is 0 Å². The summed E-state index contributed by atoms with van der Waals surface area (Å²) in [5, 5.41) is 0. The average Bonchev–Trinajstić information content (AvgIpc) is 2.38. The number of nitrogens with zero attached hydrogens (tertiary/aromatic N) is 1. The van der Waals surface area contributed by atoms with E-state index in [1.807, 2.05) is 0 Å². The van der Waals surface area contributed by atoms with E-state index in [9.17, 15) is 0 Å². The van der Waals surface area contributed by atoms with E-state index in [-0.39, 0.29) is 0 Å². The van der Waals surface area contributed by atoms with Crippen LogP contribution in [-0.2, 0) is 6.42 Å². The van der Waals surface area contributed by atoms with Crippen LogP contribution in [-0.4, -0.2) is 31.1 Å². The van der Waals surface area contributed by atoms with Crippen molar-refractivity contribution >= 4 is 0 Å². The second-order valence-corrected chi connectivity index (χ2v) is 5.58. The normalized spacial score (nSPS) is 13.2. The van der Waals surface area contributed by atoms with Crippen LogP contribution in [0.1, 0.15) is 32.3 Å². The quantitative estimate of drug-likeness (QED) is 0.766. The Hall–Kier alpha value is -0.860. The van der Waals surface area contributed by atoms with Crippen LogP contribution in [0.3, 0.4) is 0 Å². The van der Waals surface area contributed by atoms with Gasteiger partial charge in [0.15, 0.2) is 0 Å². The molecule has 1 aromatic rings. The van der Waals surface area contributed by atoms with Crippen LogP contribution in [0.5, 0.6) is 0 Å². The standard InChI is InChI=1S/C16H28N2/c1-14(2)11-12-18(3)16(13-17)10-9-15-7-5-4-6-8-15/h4-8,14,16H,9-13,17H2,1-3H3. The third-order valence-electron chi connectivity index (χ3n) is 3.56. The maximum atomic E-state index is 5.90. The lowest BCUT2D eigenvalue weighted by molar-refractivity contribution is 0.223. The molecular weight excluding hydrogens is 220 g/mol. The van der Waals surface area contributed by atoms with Gasteiger partial charge in [0.05, 0.1) is 0 Å². The van der Waals surface area contributed by atoms with Gasteiger partial charge in [-0.05, 0) is 44.3 Å².